The third-order valence-electron chi connectivity index (χ3n) is 5.36. The second-order valence-corrected chi connectivity index (χ2v) is 10.6. The number of ether oxygens (including phenoxy) is 1. The smallest absolute Gasteiger partial charge is 0.263 e. The Balaban J connectivity index is 1.37. The lowest BCUT2D eigenvalue weighted by Crippen LogP contribution is -2.43. The Kier molecular flexibility index (Phi) is 6.81. The molecule has 1 aliphatic rings. The zero-order valence-electron chi connectivity index (χ0n) is 17.1. The quantitative estimate of drug-likeness (QED) is 0.516. The van der Waals surface area contributed by atoms with Crippen LogP contribution in [-0.4, -0.2) is 37.0 Å². The molecule has 2 atom stereocenters. The third kappa shape index (κ3) is 5.57. The van der Waals surface area contributed by atoms with E-state index >= 15 is 0 Å². The summed E-state index contributed by atoms with van der Waals surface area (Å²) in [6.45, 7) is 4.07. The van der Waals surface area contributed by atoms with Crippen LogP contribution in [0.3, 0.4) is 0 Å². The lowest BCUT2D eigenvalue weighted by atomic mass is 9.99. The number of thiazole rings is 1. The van der Waals surface area contributed by atoms with Crippen LogP contribution in [0, 0.1) is 0 Å². The van der Waals surface area contributed by atoms with Crippen molar-refractivity contribution in [2.45, 2.75) is 43.4 Å². The molecule has 1 aliphatic heterocycles. The second kappa shape index (κ2) is 9.56. The summed E-state index contributed by atoms with van der Waals surface area (Å²) < 4.78 is 33.7. The molecule has 0 aliphatic carbocycles. The van der Waals surface area contributed by atoms with E-state index in [1.54, 1.807) is 17.6 Å². The molecule has 1 fully saturated rings. The first-order chi connectivity index (χ1) is 14.9. The van der Waals surface area contributed by atoms with E-state index in [2.05, 4.69) is 45.8 Å². The van der Waals surface area contributed by atoms with Gasteiger partial charge >= 0.3 is 0 Å². The molecule has 4 rings (SSSR count). The molecule has 1 saturated heterocycles. The number of sulfonamides is 1. The minimum absolute atomic E-state index is 0.0374. The van der Waals surface area contributed by atoms with Crippen LogP contribution in [0.2, 0.25) is 5.02 Å². The molecular formula is C22H24ClN3O3S2. The van der Waals surface area contributed by atoms with E-state index in [4.69, 9.17) is 16.3 Å². The van der Waals surface area contributed by atoms with Gasteiger partial charge in [0.2, 0.25) is 0 Å². The number of nitrogens with zero attached hydrogens (tertiary/aromatic N) is 2. The van der Waals surface area contributed by atoms with Crippen molar-refractivity contribution in [1.82, 2.24) is 9.88 Å². The lowest BCUT2D eigenvalue weighted by molar-refractivity contribution is 0.0586. The van der Waals surface area contributed by atoms with Crippen LogP contribution in [0.15, 0.2) is 65.0 Å². The minimum atomic E-state index is -3.75. The standard InChI is InChI=1S/C22H24ClN3O3S2/c1-16-13-18(9-11-26(16)15-17-5-3-2-4-6-17)29-21-8-7-19(14-20(21)23)31(27,28)25-22-24-10-12-30-22/h2-8,10,12,14,16,18H,9,11,13,15H2,1H3,(H,24,25)/t16-,18-/m0/s1. The average molecular weight is 478 g/mol. The van der Waals surface area contributed by atoms with E-state index in [0.29, 0.717) is 16.9 Å². The van der Waals surface area contributed by atoms with Crippen molar-refractivity contribution in [3.8, 4) is 5.75 Å². The summed E-state index contributed by atoms with van der Waals surface area (Å²) in [5, 5.41) is 2.29. The van der Waals surface area contributed by atoms with Gasteiger partial charge in [-0.15, -0.1) is 11.3 Å². The highest BCUT2D eigenvalue weighted by Gasteiger charge is 2.27. The van der Waals surface area contributed by atoms with Crippen molar-refractivity contribution in [3.63, 3.8) is 0 Å². The van der Waals surface area contributed by atoms with Gasteiger partial charge in [-0.05, 0) is 43.5 Å². The van der Waals surface area contributed by atoms with Gasteiger partial charge in [-0.2, -0.15) is 0 Å². The Morgan fingerprint density at radius 1 is 1.26 bits per heavy atom. The molecule has 6 nitrogen and oxygen atoms in total. The van der Waals surface area contributed by atoms with Crippen LogP contribution in [-0.2, 0) is 16.6 Å². The summed E-state index contributed by atoms with van der Waals surface area (Å²) in [6.07, 6.45) is 3.35. The lowest BCUT2D eigenvalue weighted by Gasteiger charge is -2.37. The first-order valence-corrected chi connectivity index (χ1v) is 12.8. The van der Waals surface area contributed by atoms with Gasteiger partial charge in [-0.1, -0.05) is 41.9 Å². The van der Waals surface area contributed by atoms with Crippen molar-refractivity contribution in [3.05, 3.63) is 70.7 Å². The number of hydrogen-bond acceptors (Lipinski definition) is 6. The zero-order valence-corrected chi connectivity index (χ0v) is 19.5. The van der Waals surface area contributed by atoms with Crippen LogP contribution < -0.4 is 9.46 Å². The monoisotopic (exact) mass is 477 g/mol. The van der Waals surface area contributed by atoms with Crippen molar-refractivity contribution in [1.29, 1.82) is 0 Å². The van der Waals surface area contributed by atoms with Gasteiger partial charge < -0.3 is 4.74 Å². The van der Waals surface area contributed by atoms with Gasteiger partial charge in [0.15, 0.2) is 5.13 Å². The summed E-state index contributed by atoms with van der Waals surface area (Å²) >= 11 is 7.58. The van der Waals surface area contributed by atoms with Gasteiger partial charge in [0.05, 0.1) is 9.92 Å². The van der Waals surface area contributed by atoms with Crippen LogP contribution in [0.25, 0.3) is 0 Å². The molecule has 2 aromatic carbocycles. The maximum Gasteiger partial charge on any atom is 0.263 e. The number of rotatable bonds is 7. The molecule has 1 aromatic heterocycles. The molecule has 164 valence electrons. The van der Waals surface area contributed by atoms with E-state index in [-0.39, 0.29) is 16.0 Å². The summed E-state index contributed by atoms with van der Waals surface area (Å²) in [7, 11) is -3.75. The number of hydrogen-bond donors (Lipinski definition) is 1. The average Bonchev–Trinajstić information content (AvgIpc) is 3.24. The molecular weight excluding hydrogens is 454 g/mol. The summed E-state index contributed by atoms with van der Waals surface area (Å²) in [5.41, 5.74) is 1.31. The molecule has 2 heterocycles. The molecule has 0 unspecified atom stereocenters. The van der Waals surface area contributed by atoms with Gasteiger partial charge in [-0.25, -0.2) is 13.4 Å². The SMILES string of the molecule is C[C@H]1C[C@@H](Oc2ccc(S(=O)(=O)Nc3nccs3)cc2Cl)CCN1Cc1ccccc1. The number of aromatic nitrogens is 1. The largest absolute Gasteiger partial charge is 0.489 e. The van der Waals surface area contributed by atoms with E-state index < -0.39 is 10.0 Å². The fraction of sp³-hybridized carbons (Fsp3) is 0.318. The van der Waals surface area contributed by atoms with Crippen molar-refractivity contribution in [2.24, 2.45) is 0 Å². The molecule has 0 saturated carbocycles. The number of benzene rings is 2. The molecule has 3 aromatic rings. The Bertz CT molecular complexity index is 1110. The molecule has 0 bridgehead atoms. The fourth-order valence-electron chi connectivity index (χ4n) is 3.71. The molecule has 0 amide bonds. The number of halogens is 1. The number of nitrogens with one attached hydrogen (secondary N) is 1. The summed E-state index contributed by atoms with van der Waals surface area (Å²) in [6, 6.07) is 15.4. The van der Waals surface area contributed by atoms with Crippen molar-refractivity contribution < 1.29 is 13.2 Å². The maximum absolute atomic E-state index is 12.5. The predicted octanol–water partition coefficient (Wildman–Crippen LogP) is 5.03. The van der Waals surface area contributed by atoms with E-state index in [9.17, 15) is 8.42 Å². The fourth-order valence-corrected chi connectivity index (χ4v) is 5.81. The zero-order chi connectivity index (χ0) is 21.8. The first-order valence-electron chi connectivity index (χ1n) is 10.1. The molecule has 0 spiro atoms. The normalized spacial score (nSPS) is 19.8. The topological polar surface area (TPSA) is 71.5 Å². The highest BCUT2D eigenvalue weighted by Crippen LogP contribution is 2.32. The molecule has 1 N–H and O–H groups in total. The first kappa shape index (κ1) is 22.1. The van der Waals surface area contributed by atoms with Gasteiger partial charge in [0.1, 0.15) is 11.9 Å². The van der Waals surface area contributed by atoms with Crippen molar-refractivity contribution in [2.75, 3.05) is 11.3 Å². The highest BCUT2D eigenvalue weighted by molar-refractivity contribution is 7.93. The molecule has 31 heavy (non-hydrogen) atoms. The van der Waals surface area contributed by atoms with Gasteiger partial charge in [0, 0.05) is 30.7 Å². The summed E-state index contributed by atoms with van der Waals surface area (Å²) in [5.74, 6) is 0.503. The van der Waals surface area contributed by atoms with Crippen LogP contribution in [0.1, 0.15) is 25.3 Å². The minimum Gasteiger partial charge on any atom is -0.489 e. The third-order valence-corrected chi connectivity index (χ3v) is 7.81. The van der Waals surface area contributed by atoms with Gasteiger partial charge in [-0.3, -0.25) is 9.62 Å². The predicted molar refractivity (Wildman–Crippen MR) is 124 cm³/mol. The number of anilines is 1. The van der Waals surface area contributed by atoms with Crippen LogP contribution in [0.4, 0.5) is 5.13 Å². The Morgan fingerprint density at radius 3 is 2.74 bits per heavy atom. The maximum atomic E-state index is 12.5. The summed E-state index contributed by atoms with van der Waals surface area (Å²) in [4.78, 5) is 6.48. The van der Waals surface area contributed by atoms with Crippen molar-refractivity contribution >= 4 is 38.1 Å². The Morgan fingerprint density at radius 2 is 2.06 bits per heavy atom. The number of piperidine rings is 1. The molecule has 0 radical (unpaired) electrons. The number of likely N-dealkylation sites (tertiary alicyclic amines) is 1. The van der Waals surface area contributed by atoms with E-state index in [1.807, 2.05) is 6.07 Å². The van der Waals surface area contributed by atoms with E-state index in [1.165, 1.54) is 29.0 Å². The van der Waals surface area contributed by atoms with Gasteiger partial charge in [0.25, 0.3) is 10.0 Å². The second-order valence-electron chi connectivity index (χ2n) is 7.60. The molecule has 9 heteroatoms. The van der Waals surface area contributed by atoms with E-state index in [0.717, 1.165) is 25.9 Å². The van der Waals surface area contributed by atoms with Crippen LogP contribution in [0.5, 0.6) is 5.75 Å². The highest BCUT2D eigenvalue weighted by atomic mass is 35.5. The van der Waals surface area contributed by atoms with Crippen LogP contribution >= 0.6 is 22.9 Å². The Hall–Kier alpha value is -2.13. The Labute approximate surface area is 191 Å².